The van der Waals surface area contributed by atoms with Crippen LogP contribution >= 0.6 is 0 Å². The van der Waals surface area contributed by atoms with Crippen LogP contribution < -0.4 is 0 Å². The Morgan fingerprint density at radius 2 is 0.854 bits per heavy atom. The van der Waals surface area contributed by atoms with Gasteiger partial charge in [0, 0.05) is 29.9 Å². The van der Waals surface area contributed by atoms with E-state index in [9.17, 15) is 20.4 Å². The maximum Gasteiger partial charge on any atom is 0.122 e. The van der Waals surface area contributed by atoms with Gasteiger partial charge in [0.2, 0.25) is 0 Å². The van der Waals surface area contributed by atoms with Crippen molar-refractivity contribution in [3.8, 4) is 23.0 Å². The molecule has 4 aromatic carbocycles. The van der Waals surface area contributed by atoms with E-state index in [1.807, 2.05) is 12.1 Å². The molecule has 1 aliphatic rings. The fraction of sp³-hybridized carbons (Fsp3) is 0.455. The Bertz CT molecular complexity index is 1870. The summed E-state index contributed by atoms with van der Waals surface area (Å²) in [7, 11) is 0. The van der Waals surface area contributed by atoms with E-state index in [-0.39, 0.29) is 44.8 Å². The van der Waals surface area contributed by atoms with E-state index in [2.05, 4.69) is 119 Å². The molecular formula is C44H56O4. The maximum absolute atomic E-state index is 12.0. The number of phenols is 4. The third-order valence-electron chi connectivity index (χ3n) is 10.2. The SMILES string of the molecule is CC(C)(C)c1ccc(O)c(Cc2cc(C(C)(C)C)cc(Cc3cc(C(C)(C)C)cc(C4Cc5cc(C(C)(C)C)cc4c5O)c3O)c2O)c1. The molecule has 0 heterocycles. The summed E-state index contributed by atoms with van der Waals surface area (Å²) in [4.78, 5) is 0. The van der Waals surface area contributed by atoms with Crippen molar-refractivity contribution in [1.29, 1.82) is 0 Å². The summed E-state index contributed by atoms with van der Waals surface area (Å²) in [5.41, 5.74) is 9.54. The predicted octanol–water partition coefficient (Wildman–Crippen LogP) is 10.6. The van der Waals surface area contributed by atoms with Crippen molar-refractivity contribution in [2.75, 3.05) is 0 Å². The highest BCUT2D eigenvalue weighted by molar-refractivity contribution is 5.61. The number of benzene rings is 4. The average molecular weight is 649 g/mol. The average Bonchev–Trinajstić information content (AvgIpc) is 3.10. The Kier molecular flexibility index (Phi) is 8.77. The van der Waals surface area contributed by atoms with Crippen LogP contribution in [0.5, 0.6) is 23.0 Å². The lowest BCUT2D eigenvalue weighted by atomic mass is 9.79. The van der Waals surface area contributed by atoms with Crippen molar-refractivity contribution < 1.29 is 20.4 Å². The molecule has 0 fully saturated rings. The number of fused-ring (bicyclic) bond motifs is 2. The fourth-order valence-corrected chi connectivity index (χ4v) is 6.80. The Morgan fingerprint density at radius 3 is 1.35 bits per heavy atom. The molecule has 4 aromatic rings. The molecule has 256 valence electrons. The Hall–Kier alpha value is -3.92. The van der Waals surface area contributed by atoms with Gasteiger partial charge >= 0.3 is 0 Å². The van der Waals surface area contributed by atoms with Crippen molar-refractivity contribution >= 4 is 0 Å². The second-order valence-corrected chi connectivity index (χ2v) is 18.2. The zero-order valence-electron chi connectivity index (χ0n) is 31.2. The van der Waals surface area contributed by atoms with Crippen LogP contribution in [-0.4, -0.2) is 20.4 Å². The molecule has 0 aromatic heterocycles. The van der Waals surface area contributed by atoms with Crippen LogP contribution in [0.25, 0.3) is 0 Å². The molecular weight excluding hydrogens is 592 g/mol. The highest BCUT2D eigenvalue weighted by atomic mass is 16.3. The zero-order chi connectivity index (χ0) is 35.7. The van der Waals surface area contributed by atoms with Crippen molar-refractivity contribution in [1.82, 2.24) is 0 Å². The van der Waals surface area contributed by atoms with Crippen LogP contribution in [-0.2, 0) is 40.9 Å². The second kappa shape index (κ2) is 11.9. The monoisotopic (exact) mass is 648 g/mol. The molecule has 1 atom stereocenters. The van der Waals surface area contributed by atoms with Gasteiger partial charge in [-0.1, -0.05) is 132 Å². The van der Waals surface area contributed by atoms with Gasteiger partial charge in [-0.25, -0.2) is 0 Å². The van der Waals surface area contributed by atoms with Gasteiger partial charge in [-0.05, 0) is 84.2 Å². The van der Waals surface area contributed by atoms with Gasteiger partial charge in [0.1, 0.15) is 23.0 Å². The van der Waals surface area contributed by atoms with Gasteiger partial charge in [0.05, 0.1) is 0 Å². The summed E-state index contributed by atoms with van der Waals surface area (Å²) in [5, 5.41) is 45.9. The fourth-order valence-electron chi connectivity index (χ4n) is 6.80. The van der Waals surface area contributed by atoms with E-state index in [0.717, 1.165) is 55.6 Å². The van der Waals surface area contributed by atoms with Crippen LogP contribution in [0, 0.1) is 0 Å². The first-order chi connectivity index (χ1) is 21.9. The molecule has 0 aliphatic heterocycles. The minimum atomic E-state index is -0.191. The van der Waals surface area contributed by atoms with Crippen LogP contribution in [0.2, 0.25) is 0 Å². The van der Waals surface area contributed by atoms with Crippen molar-refractivity contribution in [2.45, 2.75) is 130 Å². The number of hydrogen-bond acceptors (Lipinski definition) is 4. The van der Waals surface area contributed by atoms with Crippen LogP contribution in [0.15, 0.2) is 54.6 Å². The Morgan fingerprint density at radius 1 is 0.458 bits per heavy atom. The van der Waals surface area contributed by atoms with Crippen LogP contribution in [0.4, 0.5) is 0 Å². The molecule has 5 rings (SSSR count). The van der Waals surface area contributed by atoms with Gasteiger partial charge in [0.15, 0.2) is 0 Å². The smallest absolute Gasteiger partial charge is 0.122 e. The summed E-state index contributed by atoms with van der Waals surface area (Å²) >= 11 is 0. The lowest BCUT2D eigenvalue weighted by molar-refractivity contribution is 0.451. The minimum Gasteiger partial charge on any atom is -0.508 e. The summed E-state index contributed by atoms with van der Waals surface area (Å²) in [6, 6.07) is 18.3. The summed E-state index contributed by atoms with van der Waals surface area (Å²) in [6.07, 6.45) is 1.34. The third-order valence-corrected chi connectivity index (χ3v) is 10.2. The molecule has 0 amide bonds. The largest absolute Gasteiger partial charge is 0.508 e. The van der Waals surface area contributed by atoms with E-state index < -0.39 is 0 Å². The molecule has 4 nitrogen and oxygen atoms in total. The molecule has 48 heavy (non-hydrogen) atoms. The number of hydrogen-bond donors (Lipinski definition) is 4. The van der Waals surface area contributed by atoms with E-state index in [0.29, 0.717) is 25.0 Å². The van der Waals surface area contributed by atoms with Gasteiger partial charge in [-0.3, -0.25) is 0 Å². The summed E-state index contributed by atoms with van der Waals surface area (Å²) in [6.45, 7) is 26.0. The first-order valence-electron chi connectivity index (χ1n) is 17.3. The second-order valence-electron chi connectivity index (χ2n) is 18.2. The zero-order valence-corrected chi connectivity index (χ0v) is 31.2. The predicted molar refractivity (Wildman–Crippen MR) is 198 cm³/mol. The Balaban J connectivity index is 1.64. The van der Waals surface area contributed by atoms with Crippen molar-refractivity contribution in [3.05, 3.63) is 116 Å². The third kappa shape index (κ3) is 6.95. The lowest BCUT2D eigenvalue weighted by Gasteiger charge is -2.26. The lowest BCUT2D eigenvalue weighted by Crippen LogP contribution is -2.15. The highest BCUT2D eigenvalue weighted by Gasteiger charge is 2.34. The standard InChI is InChI=1S/C44H56O4/c1-41(2,3)30-13-14-37(45)25(17-30)15-26-18-31(42(4,5)6)19-27(38(26)46)16-28-20-32(43(7,8)9)23-35(39(28)47)34-22-29-21-33(44(10,11)12)24-36(34)40(29)48/h13-14,17-21,23-24,34,45-48H,15-16,22H2,1-12H3. The van der Waals surface area contributed by atoms with Crippen molar-refractivity contribution in [2.24, 2.45) is 0 Å². The van der Waals surface area contributed by atoms with Gasteiger partial charge in [-0.15, -0.1) is 0 Å². The van der Waals surface area contributed by atoms with Gasteiger partial charge in [0.25, 0.3) is 0 Å². The molecule has 4 heteroatoms. The summed E-state index contributed by atoms with van der Waals surface area (Å²) in [5.74, 6) is 0.771. The molecule has 0 saturated carbocycles. The number of phenolic OH excluding ortho intramolecular Hbond substituents is 4. The molecule has 0 radical (unpaired) electrons. The van der Waals surface area contributed by atoms with E-state index >= 15 is 0 Å². The van der Waals surface area contributed by atoms with Gasteiger partial charge in [-0.2, -0.15) is 0 Å². The quantitative estimate of drug-likeness (QED) is 0.174. The minimum absolute atomic E-state index is 0.0648. The summed E-state index contributed by atoms with van der Waals surface area (Å²) < 4.78 is 0. The molecule has 2 bridgehead atoms. The van der Waals surface area contributed by atoms with Crippen molar-refractivity contribution in [3.63, 3.8) is 0 Å². The first kappa shape index (κ1) is 35.4. The number of rotatable bonds is 5. The molecule has 4 N–H and O–H groups in total. The highest BCUT2D eigenvalue weighted by Crippen LogP contribution is 2.50. The molecule has 0 saturated heterocycles. The Labute approximate surface area is 288 Å². The normalized spacial score (nSPS) is 15.3. The molecule has 1 unspecified atom stereocenters. The topological polar surface area (TPSA) is 80.9 Å². The number of aromatic hydroxyl groups is 4. The maximum atomic E-state index is 12.0. The van der Waals surface area contributed by atoms with E-state index in [1.54, 1.807) is 6.07 Å². The van der Waals surface area contributed by atoms with E-state index in [1.165, 1.54) is 5.56 Å². The van der Waals surface area contributed by atoms with Crippen LogP contribution in [0.1, 0.15) is 150 Å². The van der Waals surface area contributed by atoms with E-state index in [4.69, 9.17) is 0 Å². The van der Waals surface area contributed by atoms with Crippen LogP contribution in [0.3, 0.4) is 0 Å². The molecule has 0 spiro atoms. The first-order valence-corrected chi connectivity index (χ1v) is 17.3. The van der Waals surface area contributed by atoms with Gasteiger partial charge < -0.3 is 20.4 Å². The molecule has 1 aliphatic carbocycles.